The minimum Gasteiger partial charge on any atom is -0.372 e. The van der Waals surface area contributed by atoms with Crippen molar-refractivity contribution in [2.24, 2.45) is 4.99 Å². The van der Waals surface area contributed by atoms with E-state index in [0.717, 1.165) is 17.7 Å². The lowest BCUT2D eigenvalue weighted by Crippen LogP contribution is -2.00. The monoisotopic (exact) mass is 273 g/mol. The Kier molecular flexibility index (Phi) is 11.3. The maximum absolute atomic E-state index is 5.60. The van der Waals surface area contributed by atoms with E-state index in [4.69, 9.17) is 4.74 Å². The minimum absolute atomic E-state index is 0.555. The maximum atomic E-state index is 5.60. The molecule has 1 rings (SSSR count). The summed E-state index contributed by atoms with van der Waals surface area (Å²) in [6.07, 6.45) is 13.9. The lowest BCUT2D eigenvalue weighted by Gasteiger charge is -2.04. The first-order valence-electron chi connectivity index (χ1n) is 7.11. The van der Waals surface area contributed by atoms with E-state index < -0.39 is 0 Å². The Bertz CT molecular complexity index is 419. The fourth-order valence-corrected chi connectivity index (χ4v) is 1.36. The number of rotatable bonds is 6. The highest BCUT2D eigenvalue weighted by atomic mass is 16.5. The van der Waals surface area contributed by atoms with Crippen LogP contribution in [-0.2, 0) is 4.74 Å². The predicted molar refractivity (Wildman–Crippen MR) is 90.5 cm³/mol. The third-order valence-electron chi connectivity index (χ3n) is 2.28. The summed E-state index contributed by atoms with van der Waals surface area (Å²) in [7, 11) is 0. The molecule has 0 aromatic carbocycles. The van der Waals surface area contributed by atoms with E-state index in [2.05, 4.69) is 37.6 Å². The number of hydrogen-bond acceptors (Lipinski definition) is 2. The van der Waals surface area contributed by atoms with E-state index in [-0.39, 0.29) is 0 Å². The second kappa shape index (κ2) is 12.4. The molecular formula is C18H27NO. The first kappa shape index (κ1) is 18.3. The molecule has 0 radical (unpaired) electrons. The van der Waals surface area contributed by atoms with Gasteiger partial charge in [0.1, 0.15) is 0 Å². The van der Waals surface area contributed by atoms with Gasteiger partial charge in [-0.2, -0.15) is 0 Å². The zero-order valence-corrected chi connectivity index (χ0v) is 13.2. The van der Waals surface area contributed by atoms with Crippen molar-refractivity contribution in [1.82, 2.24) is 0 Å². The molecule has 0 amide bonds. The highest BCUT2D eigenvalue weighted by molar-refractivity contribution is 5.72. The molecule has 110 valence electrons. The van der Waals surface area contributed by atoms with Crippen LogP contribution in [0.4, 0.5) is 0 Å². The van der Waals surface area contributed by atoms with Gasteiger partial charge >= 0.3 is 0 Å². The summed E-state index contributed by atoms with van der Waals surface area (Å²) < 4.78 is 5.60. The second-order valence-corrected chi connectivity index (χ2v) is 4.41. The van der Waals surface area contributed by atoms with E-state index in [9.17, 15) is 0 Å². The third-order valence-corrected chi connectivity index (χ3v) is 2.28. The number of allylic oxidation sites excluding steroid dienone is 4. The molecule has 0 saturated carbocycles. The summed E-state index contributed by atoms with van der Waals surface area (Å²) in [5.74, 6) is 0. The first-order valence-corrected chi connectivity index (χ1v) is 7.11. The van der Waals surface area contributed by atoms with Gasteiger partial charge in [-0.1, -0.05) is 56.4 Å². The molecule has 0 spiro atoms. The van der Waals surface area contributed by atoms with Crippen LogP contribution in [0.3, 0.4) is 0 Å². The molecule has 0 atom stereocenters. The van der Waals surface area contributed by atoms with Crippen LogP contribution in [0.5, 0.6) is 0 Å². The molecule has 1 aliphatic heterocycles. The lowest BCUT2D eigenvalue weighted by molar-refractivity contribution is 0.184. The quantitative estimate of drug-likeness (QED) is 0.644. The van der Waals surface area contributed by atoms with Crippen molar-refractivity contribution in [3.05, 3.63) is 59.8 Å². The smallest absolute Gasteiger partial charge is 0.0719 e. The van der Waals surface area contributed by atoms with Crippen LogP contribution >= 0.6 is 0 Å². The van der Waals surface area contributed by atoms with E-state index >= 15 is 0 Å². The maximum Gasteiger partial charge on any atom is 0.0719 e. The van der Waals surface area contributed by atoms with Crippen LogP contribution in [0.1, 0.15) is 27.7 Å². The molecule has 1 aliphatic rings. The Hall–Kier alpha value is -1.67. The Labute approximate surface area is 124 Å². The Balaban J connectivity index is 0.00000172. The van der Waals surface area contributed by atoms with Crippen LogP contribution in [0.2, 0.25) is 0 Å². The SMILES string of the molecule is C=C(/C=C\C=C(C)C)COCC1=CCN=CC=C1.CC. The minimum atomic E-state index is 0.555. The fourth-order valence-electron chi connectivity index (χ4n) is 1.36. The molecule has 2 heteroatoms. The number of nitrogens with zero attached hydrogens (tertiary/aromatic N) is 1. The van der Waals surface area contributed by atoms with Crippen LogP contribution in [0, 0.1) is 0 Å². The Morgan fingerprint density at radius 2 is 2.15 bits per heavy atom. The van der Waals surface area contributed by atoms with Crippen LogP contribution < -0.4 is 0 Å². The van der Waals surface area contributed by atoms with E-state index in [1.165, 1.54) is 5.57 Å². The van der Waals surface area contributed by atoms with E-state index in [0.29, 0.717) is 13.2 Å². The predicted octanol–water partition coefficient (Wildman–Crippen LogP) is 4.67. The number of aliphatic imine (C=N–C) groups is 1. The fraction of sp³-hybridized carbons (Fsp3) is 0.389. The normalized spacial score (nSPS) is 13.3. The summed E-state index contributed by atoms with van der Waals surface area (Å²) in [6.45, 7) is 14.0. The van der Waals surface area contributed by atoms with Crippen molar-refractivity contribution in [3.63, 3.8) is 0 Å². The molecule has 1 heterocycles. The molecule has 0 aromatic heterocycles. The van der Waals surface area contributed by atoms with E-state index in [1.807, 2.05) is 44.4 Å². The zero-order chi connectivity index (χ0) is 15.2. The van der Waals surface area contributed by atoms with Gasteiger partial charge in [0.25, 0.3) is 0 Å². The summed E-state index contributed by atoms with van der Waals surface area (Å²) in [4.78, 5) is 4.14. The van der Waals surface area contributed by atoms with Gasteiger partial charge in [-0.25, -0.2) is 0 Å². The first-order chi connectivity index (χ1) is 9.68. The van der Waals surface area contributed by atoms with Crippen LogP contribution in [0.15, 0.2) is 64.7 Å². The van der Waals surface area contributed by atoms with Crippen molar-refractivity contribution < 1.29 is 4.74 Å². The van der Waals surface area contributed by atoms with Gasteiger partial charge in [-0.3, -0.25) is 4.99 Å². The van der Waals surface area contributed by atoms with Crippen molar-refractivity contribution in [2.75, 3.05) is 19.8 Å². The summed E-state index contributed by atoms with van der Waals surface area (Å²) in [5, 5.41) is 0. The average molecular weight is 273 g/mol. The largest absolute Gasteiger partial charge is 0.372 e. The molecular weight excluding hydrogens is 246 g/mol. The van der Waals surface area contributed by atoms with Crippen molar-refractivity contribution in [1.29, 1.82) is 0 Å². The van der Waals surface area contributed by atoms with Gasteiger partial charge in [-0.15, -0.1) is 0 Å². The molecule has 0 aromatic rings. The Morgan fingerprint density at radius 1 is 1.40 bits per heavy atom. The van der Waals surface area contributed by atoms with Gasteiger partial charge < -0.3 is 4.74 Å². The lowest BCUT2D eigenvalue weighted by atomic mass is 10.2. The highest BCUT2D eigenvalue weighted by Gasteiger charge is 1.95. The summed E-state index contributed by atoms with van der Waals surface area (Å²) >= 11 is 0. The van der Waals surface area contributed by atoms with Gasteiger partial charge in [0.15, 0.2) is 0 Å². The average Bonchev–Trinajstić information content (AvgIpc) is 2.69. The standard InChI is InChI=1S/C16H21NO.C2H6/c1-14(2)6-4-7-15(3)12-18-13-16-8-5-10-17-11-9-16;1-2/h4-10H,3,11-13H2,1-2H3;1-2H3/b7-4-;. The van der Waals surface area contributed by atoms with Gasteiger partial charge in [0, 0.05) is 6.21 Å². The molecule has 0 bridgehead atoms. The van der Waals surface area contributed by atoms with Crippen molar-refractivity contribution in [2.45, 2.75) is 27.7 Å². The summed E-state index contributed by atoms with van der Waals surface area (Å²) in [5.41, 5.74) is 3.41. The number of hydrogen-bond donors (Lipinski definition) is 0. The van der Waals surface area contributed by atoms with Crippen molar-refractivity contribution in [3.8, 4) is 0 Å². The second-order valence-electron chi connectivity index (χ2n) is 4.41. The number of ether oxygens (including phenoxy) is 1. The van der Waals surface area contributed by atoms with E-state index in [1.54, 1.807) is 0 Å². The molecule has 2 nitrogen and oxygen atoms in total. The van der Waals surface area contributed by atoms with Gasteiger partial charge in [0.05, 0.1) is 19.8 Å². The third kappa shape index (κ3) is 10.3. The summed E-state index contributed by atoms with van der Waals surface area (Å²) in [6, 6.07) is 0. The molecule has 0 N–H and O–H groups in total. The molecule has 20 heavy (non-hydrogen) atoms. The van der Waals surface area contributed by atoms with Crippen LogP contribution in [0.25, 0.3) is 0 Å². The van der Waals surface area contributed by atoms with Gasteiger partial charge in [-0.05, 0) is 31.1 Å². The molecule has 0 unspecified atom stereocenters. The molecule has 0 fully saturated rings. The molecule has 0 aliphatic carbocycles. The highest BCUT2D eigenvalue weighted by Crippen LogP contribution is 2.03. The van der Waals surface area contributed by atoms with Crippen LogP contribution in [-0.4, -0.2) is 26.0 Å². The zero-order valence-electron chi connectivity index (χ0n) is 13.2. The van der Waals surface area contributed by atoms with Gasteiger partial charge in [0.2, 0.25) is 0 Å². The Morgan fingerprint density at radius 3 is 2.85 bits per heavy atom. The molecule has 0 saturated heterocycles. The van der Waals surface area contributed by atoms with Crippen molar-refractivity contribution >= 4 is 6.21 Å². The topological polar surface area (TPSA) is 21.6 Å².